The summed E-state index contributed by atoms with van der Waals surface area (Å²) in [4.78, 5) is 11.8. The number of hydrogen-bond donors (Lipinski definition) is 0. The second-order valence-corrected chi connectivity index (χ2v) is 5.03. The van der Waals surface area contributed by atoms with Crippen LogP contribution in [0.25, 0.3) is 11.1 Å². The SMILES string of the molecule is Cn1ncc(-c2ccccc2Cc2ccccc2)cc1=O. The largest absolute Gasteiger partial charge is 0.268 e. The second kappa shape index (κ2) is 5.75. The van der Waals surface area contributed by atoms with Gasteiger partial charge in [0.25, 0.3) is 5.56 Å². The molecule has 0 aliphatic rings. The molecule has 0 saturated carbocycles. The van der Waals surface area contributed by atoms with Gasteiger partial charge in [-0.15, -0.1) is 0 Å². The number of aromatic nitrogens is 2. The van der Waals surface area contributed by atoms with Crippen molar-refractivity contribution in [2.45, 2.75) is 6.42 Å². The molecule has 0 N–H and O–H groups in total. The van der Waals surface area contributed by atoms with E-state index in [9.17, 15) is 4.79 Å². The van der Waals surface area contributed by atoms with E-state index >= 15 is 0 Å². The zero-order chi connectivity index (χ0) is 14.7. The van der Waals surface area contributed by atoms with Crippen molar-refractivity contribution in [1.29, 1.82) is 0 Å². The van der Waals surface area contributed by atoms with Gasteiger partial charge in [-0.3, -0.25) is 4.79 Å². The highest BCUT2D eigenvalue weighted by molar-refractivity contribution is 5.66. The summed E-state index contributed by atoms with van der Waals surface area (Å²) < 4.78 is 1.34. The first-order valence-electron chi connectivity index (χ1n) is 6.89. The van der Waals surface area contributed by atoms with Crippen LogP contribution in [0.15, 0.2) is 71.7 Å². The molecule has 0 aliphatic carbocycles. The third kappa shape index (κ3) is 2.92. The Morgan fingerprint density at radius 2 is 1.71 bits per heavy atom. The minimum Gasteiger partial charge on any atom is -0.268 e. The summed E-state index contributed by atoms with van der Waals surface area (Å²) in [5.74, 6) is 0. The quantitative estimate of drug-likeness (QED) is 0.737. The Hall–Kier alpha value is -2.68. The number of rotatable bonds is 3. The van der Waals surface area contributed by atoms with Crippen molar-refractivity contribution in [1.82, 2.24) is 9.78 Å². The van der Waals surface area contributed by atoms with Crippen LogP contribution in [0.2, 0.25) is 0 Å². The van der Waals surface area contributed by atoms with Crippen LogP contribution in [0, 0.1) is 0 Å². The molecule has 0 fully saturated rings. The summed E-state index contributed by atoms with van der Waals surface area (Å²) in [6, 6.07) is 20.1. The van der Waals surface area contributed by atoms with Crippen LogP contribution in [0.1, 0.15) is 11.1 Å². The van der Waals surface area contributed by atoms with Crippen LogP contribution in [0.4, 0.5) is 0 Å². The van der Waals surface area contributed by atoms with Gasteiger partial charge in [-0.2, -0.15) is 5.10 Å². The van der Waals surface area contributed by atoms with E-state index in [1.165, 1.54) is 15.8 Å². The highest BCUT2D eigenvalue weighted by Crippen LogP contribution is 2.24. The van der Waals surface area contributed by atoms with Crippen molar-refractivity contribution in [2.75, 3.05) is 0 Å². The van der Waals surface area contributed by atoms with Gasteiger partial charge in [0, 0.05) is 18.7 Å². The van der Waals surface area contributed by atoms with Crippen LogP contribution in [-0.4, -0.2) is 9.78 Å². The van der Waals surface area contributed by atoms with E-state index in [-0.39, 0.29) is 5.56 Å². The maximum atomic E-state index is 11.8. The molecule has 0 saturated heterocycles. The molecule has 104 valence electrons. The maximum absolute atomic E-state index is 11.8. The summed E-state index contributed by atoms with van der Waals surface area (Å²) >= 11 is 0. The molecule has 0 spiro atoms. The summed E-state index contributed by atoms with van der Waals surface area (Å²) in [6.07, 6.45) is 2.58. The zero-order valence-electron chi connectivity index (χ0n) is 11.9. The molecular formula is C18H16N2O. The fourth-order valence-corrected chi connectivity index (χ4v) is 2.39. The first-order valence-corrected chi connectivity index (χ1v) is 6.89. The Morgan fingerprint density at radius 3 is 2.48 bits per heavy atom. The predicted octanol–water partition coefficient (Wildman–Crippen LogP) is 3.04. The monoisotopic (exact) mass is 276 g/mol. The Balaban J connectivity index is 2.03. The lowest BCUT2D eigenvalue weighted by Crippen LogP contribution is -2.18. The molecular weight excluding hydrogens is 260 g/mol. The van der Waals surface area contributed by atoms with Crippen LogP contribution in [0.5, 0.6) is 0 Å². The Morgan fingerprint density at radius 1 is 1.00 bits per heavy atom. The molecule has 0 radical (unpaired) electrons. The molecule has 3 aromatic rings. The van der Waals surface area contributed by atoms with Gasteiger partial charge >= 0.3 is 0 Å². The van der Waals surface area contributed by atoms with Gasteiger partial charge in [-0.05, 0) is 23.1 Å². The van der Waals surface area contributed by atoms with Crippen LogP contribution in [0.3, 0.4) is 0 Å². The van der Waals surface area contributed by atoms with Crippen molar-refractivity contribution >= 4 is 0 Å². The van der Waals surface area contributed by atoms with Crippen LogP contribution >= 0.6 is 0 Å². The maximum Gasteiger partial charge on any atom is 0.267 e. The fourth-order valence-electron chi connectivity index (χ4n) is 2.39. The van der Waals surface area contributed by atoms with Crippen molar-refractivity contribution in [2.24, 2.45) is 7.05 Å². The number of aryl methyl sites for hydroxylation is 1. The summed E-state index contributed by atoms with van der Waals surface area (Å²) in [7, 11) is 1.65. The topological polar surface area (TPSA) is 34.9 Å². The standard InChI is InChI=1S/C18H16N2O/c1-20-18(21)12-16(13-19-20)17-10-6-5-9-15(17)11-14-7-3-2-4-8-14/h2-10,12-13H,11H2,1H3. The first kappa shape index (κ1) is 13.3. The molecule has 0 unspecified atom stereocenters. The summed E-state index contributed by atoms with van der Waals surface area (Å²) in [5, 5.41) is 4.11. The number of hydrogen-bond acceptors (Lipinski definition) is 2. The highest BCUT2D eigenvalue weighted by Gasteiger charge is 2.07. The smallest absolute Gasteiger partial charge is 0.267 e. The third-order valence-corrected chi connectivity index (χ3v) is 3.53. The molecule has 21 heavy (non-hydrogen) atoms. The van der Waals surface area contributed by atoms with Crippen molar-refractivity contribution in [3.05, 3.63) is 88.3 Å². The lowest BCUT2D eigenvalue weighted by molar-refractivity contribution is 0.708. The molecule has 0 aliphatic heterocycles. The molecule has 0 atom stereocenters. The van der Waals surface area contributed by atoms with E-state index in [0.717, 1.165) is 17.5 Å². The van der Waals surface area contributed by atoms with Crippen molar-refractivity contribution in [3.8, 4) is 11.1 Å². The molecule has 0 amide bonds. The van der Waals surface area contributed by atoms with Crippen LogP contribution in [-0.2, 0) is 13.5 Å². The highest BCUT2D eigenvalue weighted by atomic mass is 16.1. The lowest BCUT2D eigenvalue weighted by Gasteiger charge is -2.10. The minimum absolute atomic E-state index is 0.0954. The van der Waals surface area contributed by atoms with Gasteiger partial charge in [0.15, 0.2) is 0 Å². The predicted molar refractivity (Wildman–Crippen MR) is 84.2 cm³/mol. The molecule has 1 aromatic heterocycles. The third-order valence-electron chi connectivity index (χ3n) is 3.53. The Labute approximate surface area is 123 Å². The summed E-state index contributed by atoms with van der Waals surface area (Å²) in [6.45, 7) is 0. The number of nitrogens with zero attached hydrogens (tertiary/aromatic N) is 2. The van der Waals surface area contributed by atoms with Gasteiger partial charge in [0.05, 0.1) is 6.20 Å². The molecule has 2 aromatic carbocycles. The average molecular weight is 276 g/mol. The van der Waals surface area contributed by atoms with Crippen molar-refractivity contribution in [3.63, 3.8) is 0 Å². The van der Waals surface area contributed by atoms with Gasteiger partial charge in [-0.1, -0.05) is 54.6 Å². The minimum atomic E-state index is -0.0954. The molecule has 3 nitrogen and oxygen atoms in total. The van der Waals surface area contributed by atoms with E-state index < -0.39 is 0 Å². The molecule has 0 bridgehead atoms. The van der Waals surface area contributed by atoms with E-state index in [2.05, 4.69) is 23.3 Å². The molecule has 3 rings (SSSR count). The van der Waals surface area contributed by atoms with Gasteiger partial charge < -0.3 is 0 Å². The molecule has 1 heterocycles. The van der Waals surface area contributed by atoms with Gasteiger partial charge in [0.2, 0.25) is 0 Å². The average Bonchev–Trinajstić information content (AvgIpc) is 2.52. The normalized spacial score (nSPS) is 10.5. The van der Waals surface area contributed by atoms with Crippen LogP contribution < -0.4 is 5.56 Å². The van der Waals surface area contributed by atoms with Gasteiger partial charge in [0.1, 0.15) is 0 Å². The number of benzene rings is 2. The van der Waals surface area contributed by atoms with E-state index in [1.54, 1.807) is 19.3 Å². The second-order valence-electron chi connectivity index (χ2n) is 5.03. The van der Waals surface area contributed by atoms with E-state index in [4.69, 9.17) is 0 Å². The first-order chi connectivity index (χ1) is 10.2. The van der Waals surface area contributed by atoms with Crippen molar-refractivity contribution < 1.29 is 0 Å². The summed E-state index contributed by atoms with van der Waals surface area (Å²) in [5.41, 5.74) is 4.28. The fraction of sp³-hybridized carbons (Fsp3) is 0.111. The van der Waals surface area contributed by atoms with E-state index in [1.807, 2.05) is 36.4 Å². The van der Waals surface area contributed by atoms with Gasteiger partial charge in [-0.25, -0.2) is 4.68 Å². The Kier molecular flexibility index (Phi) is 3.65. The molecule has 3 heteroatoms. The lowest BCUT2D eigenvalue weighted by atomic mass is 9.96. The Bertz CT molecular complexity index is 807. The van der Waals surface area contributed by atoms with E-state index in [0.29, 0.717) is 0 Å². The zero-order valence-corrected chi connectivity index (χ0v) is 11.9.